The molecule has 1 aliphatic rings. The molecule has 0 aromatic carbocycles. The van der Waals surface area contributed by atoms with Crippen molar-refractivity contribution >= 4 is 29.0 Å². The van der Waals surface area contributed by atoms with E-state index in [1.807, 2.05) is 30.1 Å². The first kappa shape index (κ1) is 15.9. The fraction of sp³-hybridized carbons (Fsp3) is 0.667. The SMILES string of the molecule is CS[C@@H]1CCC[C@H]1N(C)CC(=O)N[C@@H](C)c1cccs1. The molecule has 2 rings (SSSR count). The first-order valence-electron chi connectivity index (χ1n) is 7.17. The van der Waals surface area contributed by atoms with Crippen molar-refractivity contribution in [2.24, 2.45) is 0 Å². The highest BCUT2D eigenvalue weighted by Crippen LogP contribution is 2.31. The van der Waals surface area contributed by atoms with E-state index in [0.29, 0.717) is 17.8 Å². The average Bonchev–Trinajstić information content (AvgIpc) is 3.09. The van der Waals surface area contributed by atoms with Crippen molar-refractivity contribution in [1.29, 1.82) is 0 Å². The highest BCUT2D eigenvalue weighted by Gasteiger charge is 2.30. The largest absolute Gasteiger partial charge is 0.348 e. The number of hydrogen-bond acceptors (Lipinski definition) is 4. The van der Waals surface area contributed by atoms with E-state index in [4.69, 9.17) is 0 Å². The van der Waals surface area contributed by atoms with Gasteiger partial charge in [-0.25, -0.2) is 0 Å². The maximum atomic E-state index is 12.2. The Bertz CT molecular complexity index is 422. The molecule has 1 saturated carbocycles. The van der Waals surface area contributed by atoms with Crippen LogP contribution in [0.4, 0.5) is 0 Å². The monoisotopic (exact) mass is 312 g/mol. The first-order chi connectivity index (χ1) is 9.61. The lowest BCUT2D eigenvalue weighted by Gasteiger charge is -2.28. The van der Waals surface area contributed by atoms with Gasteiger partial charge in [-0.1, -0.05) is 12.5 Å². The molecule has 0 radical (unpaired) electrons. The molecule has 112 valence electrons. The van der Waals surface area contributed by atoms with Gasteiger partial charge in [0.15, 0.2) is 0 Å². The van der Waals surface area contributed by atoms with Crippen molar-refractivity contribution in [2.75, 3.05) is 19.8 Å². The van der Waals surface area contributed by atoms with Gasteiger partial charge in [-0.05, 0) is 44.5 Å². The van der Waals surface area contributed by atoms with Crippen LogP contribution in [0.15, 0.2) is 17.5 Å². The molecule has 1 fully saturated rings. The minimum atomic E-state index is 0.107. The number of rotatable bonds is 6. The molecule has 0 saturated heterocycles. The number of thioether (sulfide) groups is 1. The fourth-order valence-corrected chi connectivity index (χ4v) is 4.72. The van der Waals surface area contributed by atoms with Crippen LogP contribution >= 0.6 is 23.1 Å². The minimum absolute atomic E-state index is 0.107. The van der Waals surface area contributed by atoms with Gasteiger partial charge >= 0.3 is 0 Å². The Morgan fingerprint density at radius 2 is 2.40 bits per heavy atom. The molecule has 3 nitrogen and oxygen atoms in total. The van der Waals surface area contributed by atoms with Crippen LogP contribution in [-0.2, 0) is 4.79 Å². The summed E-state index contributed by atoms with van der Waals surface area (Å²) in [5.74, 6) is 0.125. The topological polar surface area (TPSA) is 32.3 Å². The molecule has 0 unspecified atom stereocenters. The van der Waals surface area contributed by atoms with Crippen molar-refractivity contribution in [2.45, 2.75) is 43.5 Å². The smallest absolute Gasteiger partial charge is 0.234 e. The van der Waals surface area contributed by atoms with Gasteiger partial charge in [-0.2, -0.15) is 11.8 Å². The van der Waals surface area contributed by atoms with Crippen LogP contribution in [0.3, 0.4) is 0 Å². The lowest BCUT2D eigenvalue weighted by Crippen LogP contribution is -2.43. The van der Waals surface area contributed by atoms with Crippen LogP contribution in [0, 0.1) is 0 Å². The van der Waals surface area contributed by atoms with Crippen LogP contribution in [0.25, 0.3) is 0 Å². The van der Waals surface area contributed by atoms with Gasteiger partial charge in [-0.15, -0.1) is 11.3 Å². The van der Waals surface area contributed by atoms with Crippen molar-refractivity contribution in [3.63, 3.8) is 0 Å². The first-order valence-corrected chi connectivity index (χ1v) is 9.34. The lowest BCUT2D eigenvalue weighted by atomic mass is 10.2. The Kier molecular flexibility index (Phi) is 5.93. The molecule has 20 heavy (non-hydrogen) atoms. The van der Waals surface area contributed by atoms with E-state index in [9.17, 15) is 4.79 Å². The standard InChI is InChI=1S/C15H24N2OS2/c1-11(13-8-5-9-20-13)16-15(18)10-17(2)12-6-4-7-14(12)19-3/h5,8-9,11-12,14H,4,6-7,10H2,1-3H3,(H,16,18)/t11-,12+,14+/m0/s1. The van der Waals surface area contributed by atoms with E-state index in [1.54, 1.807) is 11.3 Å². The molecular formula is C15H24N2OS2. The van der Waals surface area contributed by atoms with E-state index in [0.717, 1.165) is 0 Å². The van der Waals surface area contributed by atoms with Gasteiger partial charge in [0, 0.05) is 16.2 Å². The summed E-state index contributed by atoms with van der Waals surface area (Å²) >= 11 is 3.63. The predicted octanol–water partition coefficient (Wildman–Crippen LogP) is 3.14. The third-order valence-electron chi connectivity index (χ3n) is 4.03. The predicted molar refractivity (Wildman–Crippen MR) is 88.4 cm³/mol. The molecule has 0 spiro atoms. The Morgan fingerprint density at radius 1 is 1.60 bits per heavy atom. The second-order valence-corrected chi connectivity index (χ2v) is 7.55. The summed E-state index contributed by atoms with van der Waals surface area (Å²) in [6.07, 6.45) is 5.96. The molecule has 1 heterocycles. The van der Waals surface area contributed by atoms with Gasteiger partial charge in [0.05, 0.1) is 12.6 Å². The Labute approximate surface area is 130 Å². The summed E-state index contributed by atoms with van der Waals surface area (Å²) in [7, 11) is 2.08. The van der Waals surface area contributed by atoms with Gasteiger partial charge in [0.2, 0.25) is 5.91 Å². The fourth-order valence-electron chi connectivity index (χ4n) is 2.93. The number of nitrogens with one attached hydrogen (secondary N) is 1. The molecule has 5 heteroatoms. The van der Waals surface area contributed by atoms with Gasteiger partial charge in [0.25, 0.3) is 0 Å². The third kappa shape index (κ3) is 3.99. The molecular weight excluding hydrogens is 288 g/mol. The number of amides is 1. The maximum Gasteiger partial charge on any atom is 0.234 e. The van der Waals surface area contributed by atoms with E-state index in [-0.39, 0.29) is 11.9 Å². The average molecular weight is 313 g/mol. The van der Waals surface area contributed by atoms with Gasteiger partial charge < -0.3 is 5.32 Å². The van der Waals surface area contributed by atoms with E-state index < -0.39 is 0 Å². The van der Waals surface area contributed by atoms with Crippen molar-refractivity contribution in [3.05, 3.63) is 22.4 Å². The molecule has 1 aromatic heterocycles. The quantitative estimate of drug-likeness (QED) is 0.876. The van der Waals surface area contributed by atoms with Crippen LogP contribution < -0.4 is 5.32 Å². The highest BCUT2D eigenvalue weighted by atomic mass is 32.2. The molecule has 1 amide bonds. The summed E-state index contributed by atoms with van der Waals surface area (Å²) in [4.78, 5) is 15.6. The number of nitrogens with zero attached hydrogens (tertiary/aromatic N) is 1. The zero-order valence-corrected chi connectivity index (χ0v) is 14.1. The van der Waals surface area contributed by atoms with Crippen LogP contribution in [0.2, 0.25) is 0 Å². The second-order valence-electron chi connectivity index (χ2n) is 5.49. The summed E-state index contributed by atoms with van der Waals surface area (Å²) in [6, 6.07) is 4.75. The summed E-state index contributed by atoms with van der Waals surface area (Å²) < 4.78 is 0. The van der Waals surface area contributed by atoms with Gasteiger partial charge in [0.1, 0.15) is 0 Å². The second kappa shape index (κ2) is 7.48. The highest BCUT2D eigenvalue weighted by molar-refractivity contribution is 7.99. The number of carbonyl (C=O) groups excluding carboxylic acids is 1. The lowest BCUT2D eigenvalue weighted by molar-refractivity contribution is -0.123. The van der Waals surface area contributed by atoms with Crippen molar-refractivity contribution < 1.29 is 4.79 Å². The number of likely N-dealkylation sites (N-methyl/N-ethyl adjacent to an activating group) is 1. The van der Waals surface area contributed by atoms with Crippen LogP contribution in [0.5, 0.6) is 0 Å². The maximum absolute atomic E-state index is 12.2. The van der Waals surface area contributed by atoms with E-state index in [1.165, 1.54) is 24.1 Å². The Morgan fingerprint density at radius 3 is 3.05 bits per heavy atom. The Balaban J connectivity index is 1.82. The molecule has 1 N–H and O–H groups in total. The molecule has 0 bridgehead atoms. The van der Waals surface area contributed by atoms with Crippen LogP contribution in [-0.4, -0.2) is 41.9 Å². The zero-order chi connectivity index (χ0) is 14.5. The molecule has 3 atom stereocenters. The minimum Gasteiger partial charge on any atom is -0.348 e. The van der Waals surface area contributed by atoms with E-state index >= 15 is 0 Å². The normalized spacial score (nSPS) is 24.0. The van der Waals surface area contributed by atoms with Gasteiger partial charge in [-0.3, -0.25) is 9.69 Å². The van der Waals surface area contributed by atoms with Crippen molar-refractivity contribution in [1.82, 2.24) is 10.2 Å². The Hall–Kier alpha value is -0.520. The third-order valence-corrected chi connectivity index (χ3v) is 6.24. The summed E-state index contributed by atoms with van der Waals surface area (Å²) in [5.41, 5.74) is 0. The van der Waals surface area contributed by atoms with Crippen LogP contribution in [0.1, 0.15) is 37.1 Å². The summed E-state index contributed by atoms with van der Waals surface area (Å²) in [6.45, 7) is 2.54. The van der Waals surface area contributed by atoms with Crippen molar-refractivity contribution in [3.8, 4) is 0 Å². The van der Waals surface area contributed by atoms with E-state index in [2.05, 4.69) is 29.6 Å². The number of hydrogen-bond donors (Lipinski definition) is 1. The molecule has 0 aliphatic heterocycles. The number of carbonyl (C=O) groups is 1. The molecule has 1 aliphatic carbocycles. The zero-order valence-electron chi connectivity index (χ0n) is 12.5. The number of thiophene rings is 1. The summed E-state index contributed by atoms with van der Waals surface area (Å²) in [5, 5.41) is 5.82. The molecule has 1 aromatic rings.